The Morgan fingerprint density at radius 2 is 2.10 bits per heavy atom. The molecule has 1 aliphatic heterocycles. The molecule has 5 rings (SSSR count). The normalized spacial score (nSPS) is 27.1. The first-order valence-electron chi connectivity index (χ1n) is 11.0. The van der Waals surface area contributed by atoms with Crippen LogP contribution in [-0.2, 0) is 15.8 Å². The summed E-state index contributed by atoms with van der Waals surface area (Å²) in [4.78, 5) is 18.8. The number of methoxy groups -OCH3 is 1. The van der Waals surface area contributed by atoms with E-state index in [1.165, 1.54) is 5.69 Å². The summed E-state index contributed by atoms with van der Waals surface area (Å²) in [5, 5.41) is 1.73. The largest absolute Gasteiger partial charge is 0.771 e. The summed E-state index contributed by atoms with van der Waals surface area (Å²) in [6, 6.07) is 2.00. The monoisotopic (exact) mass is 442 g/mol. The van der Waals surface area contributed by atoms with Crippen molar-refractivity contribution in [1.82, 2.24) is 24.8 Å². The first kappa shape index (κ1) is 20.9. The minimum atomic E-state index is -2.10. The van der Waals surface area contributed by atoms with Crippen LogP contribution >= 0.6 is 0 Å². The molecule has 2 fully saturated rings. The Morgan fingerprint density at radius 1 is 1.26 bits per heavy atom. The Bertz CT molecular complexity index is 1080. The van der Waals surface area contributed by atoms with E-state index in [-0.39, 0.29) is 5.92 Å². The van der Waals surface area contributed by atoms with Crippen molar-refractivity contribution in [3.8, 4) is 0 Å². The van der Waals surface area contributed by atoms with Crippen LogP contribution in [0.5, 0.6) is 0 Å². The number of aromatic nitrogens is 4. The Kier molecular flexibility index (Phi) is 6.01. The second-order valence-electron chi connectivity index (χ2n) is 8.88. The van der Waals surface area contributed by atoms with Crippen molar-refractivity contribution in [2.24, 2.45) is 11.8 Å². The Hall–Kier alpha value is -1.94. The number of likely N-dealkylation sites (tertiary alicyclic amines) is 1. The number of rotatable bonds is 6. The second kappa shape index (κ2) is 8.90. The molecule has 2 aliphatic rings. The van der Waals surface area contributed by atoms with E-state index in [9.17, 15) is 8.76 Å². The van der Waals surface area contributed by atoms with Crippen molar-refractivity contribution in [1.29, 1.82) is 0 Å². The van der Waals surface area contributed by atoms with Crippen molar-refractivity contribution >= 4 is 33.0 Å². The maximum absolute atomic E-state index is 12.2. The van der Waals surface area contributed by atoms with Crippen LogP contribution in [0.3, 0.4) is 0 Å². The highest BCUT2D eigenvalue weighted by molar-refractivity contribution is 7.79. The van der Waals surface area contributed by atoms with E-state index in [1.54, 1.807) is 25.8 Å². The number of hydrogen-bond donors (Lipinski definition) is 1. The Labute approximate surface area is 184 Å². The highest BCUT2D eigenvalue weighted by atomic mass is 32.2. The summed E-state index contributed by atoms with van der Waals surface area (Å²) in [6.45, 7) is 2.35. The average Bonchev–Trinajstić information content (AvgIpc) is 3.44. The lowest BCUT2D eigenvalue weighted by molar-refractivity contribution is 0.141. The van der Waals surface area contributed by atoms with Crippen molar-refractivity contribution in [2.75, 3.05) is 26.8 Å². The fourth-order valence-electron chi connectivity index (χ4n) is 5.63. The zero-order valence-corrected chi connectivity index (χ0v) is 18.5. The molecule has 3 unspecified atom stereocenters. The molecule has 3 atom stereocenters. The Balaban J connectivity index is 1.34. The van der Waals surface area contributed by atoms with E-state index in [1.807, 2.05) is 6.07 Å². The zero-order chi connectivity index (χ0) is 21.4. The number of pyridine rings is 1. The number of ether oxygens (including phenoxy) is 1. The van der Waals surface area contributed by atoms with E-state index in [4.69, 9.17) is 4.74 Å². The average molecular weight is 443 g/mol. The van der Waals surface area contributed by atoms with Crippen LogP contribution in [0.1, 0.15) is 43.7 Å². The third-order valence-corrected chi connectivity index (χ3v) is 8.14. The maximum Gasteiger partial charge on any atom is 0.159 e. The molecule has 8 nitrogen and oxygen atoms in total. The summed E-state index contributed by atoms with van der Waals surface area (Å²) < 4.78 is 29.7. The van der Waals surface area contributed by atoms with Crippen molar-refractivity contribution in [2.45, 2.75) is 43.4 Å². The summed E-state index contributed by atoms with van der Waals surface area (Å²) in [6.07, 6.45) is 10.0. The van der Waals surface area contributed by atoms with Crippen molar-refractivity contribution in [3.05, 3.63) is 30.5 Å². The van der Waals surface area contributed by atoms with Gasteiger partial charge in [0.15, 0.2) is 5.65 Å². The standard InChI is InChI=1S/C22H29N5O3S/c1-30-12-14-7-9-27(11-14)22(31(28)29)16-4-2-15(3-5-16)20-19-17-6-8-23-21(17)24-10-18(19)25-13-26-20/h6,8,10,13-16,22H,2-5,7,9,11-12H2,1H3,(H,25,26)(H,28,29)/p-1. The van der Waals surface area contributed by atoms with Gasteiger partial charge in [-0.2, -0.15) is 0 Å². The SMILES string of the molecule is COCC1CCN(C(C2CCC(c3[nH]cnc4cnc5nccc5c34)CC2)S(=O)[O-])C1. The fraction of sp³-hybridized carbons (Fsp3) is 0.591. The molecule has 0 amide bonds. The molecular formula is C22H28N5O3S-. The molecular weight excluding hydrogens is 414 g/mol. The topological polar surface area (TPSA) is 107 Å². The molecule has 166 valence electrons. The summed E-state index contributed by atoms with van der Waals surface area (Å²) >= 11 is -2.10. The van der Waals surface area contributed by atoms with Gasteiger partial charge in [0.2, 0.25) is 0 Å². The summed E-state index contributed by atoms with van der Waals surface area (Å²) in [5.41, 5.74) is 2.78. The van der Waals surface area contributed by atoms with Crippen molar-refractivity contribution < 1.29 is 13.5 Å². The van der Waals surface area contributed by atoms with Crippen LogP contribution in [0.4, 0.5) is 0 Å². The van der Waals surface area contributed by atoms with Crippen LogP contribution in [0.15, 0.2) is 24.8 Å². The van der Waals surface area contributed by atoms with Gasteiger partial charge in [0.1, 0.15) is 0 Å². The number of hydrogen-bond acceptors (Lipinski definition) is 7. The first-order valence-corrected chi connectivity index (χ1v) is 12.2. The predicted octanol–water partition coefficient (Wildman–Crippen LogP) is 2.95. The minimum absolute atomic E-state index is 0.172. The lowest BCUT2D eigenvalue weighted by Crippen LogP contribution is -2.43. The third kappa shape index (κ3) is 4.00. The minimum Gasteiger partial charge on any atom is -0.771 e. The zero-order valence-electron chi connectivity index (χ0n) is 17.7. The molecule has 3 aromatic rings. The number of nitrogens with zero attached hydrogens (tertiary/aromatic N) is 4. The molecule has 1 saturated heterocycles. The van der Waals surface area contributed by atoms with Gasteiger partial charge in [-0.25, -0.2) is 15.0 Å². The molecule has 4 heterocycles. The van der Waals surface area contributed by atoms with Crippen LogP contribution in [0.2, 0.25) is 0 Å². The summed E-state index contributed by atoms with van der Waals surface area (Å²) in [5.74, 6) is 0.952. The Morgan fingerprint density at radius 3 is 2.87 bits per heavy atom. The quantitative estimate of drug-likeness (QED) is 0.585. The lowest BCUT2D eigenvalue weighted by atomic mass is 9.79. The van der Waals surface area contributed by atoms with Crippen LogP contribution in [0, 0.1) is 11.8 Å². The van der Waals surface area contributed by atoms with Crippen molar-refractivity contribution in [3.63, 3.8) is 0 Å². The van der Waals surface area contributed by atoms with Gasteiger partial charge in [0.05, 0.1) is 30.0 Å². The summed E-state index contributed by atoms with van der Waals surface area (Å²) in [7, 11) is 1.71. The molecule has 3 aromatic heterocycles. The van der Waals surface area contributed by atoms with Gasteiger partial charge in [-0.1, -0.05) is 0 Å². The number of aromatic amines is 1. The smallest absolute Gasteiger partial charge is 0.159 e. The van der Waals surface area contributed by atoms with Gasteiger partial charge in [-0.15, -0.1) is 0 Å². The molecule has 0 spiro atoms. The van der Waals surface area contributed by atoms with E-state index in [0.717, 1.165) is 67.1 Å². The number of H-pyrrole nitrogens is 1. The molecule has 0 radical (unpaired) electrons. The van der Waals surface area contributed by atoms with Gasteiger partial charge in [0.25, 0.3) is 0 Å². The molecule has 31 heavy (non-hydrogen) atoms. The van der Waals surface area contributed by atoms with Gasteiger partial charge in [0, 0.05) is 36.3 Å². The number of nitrogens with one attached hydrogen (secondary N) is 1. The maximum atomic E-state index is 12.2. The van der Waals surface area contributed by atoms with E-state index in [2.05, 4.69) is 24.8 Å². The molecule has 1 saturated carbocycles. The van der Waals surface area contributed by atoms with E-state index >= 15 is 0 Å². The lowest BCUT2D eigenvalue weighted by Gasteiger charge is -2.39. The van der Waals surface area contributed by atoms with Gasteiger partial charge in [-0.3, -0.25) is 9.11 Å². The van der Waals surface area contributed by atoms with E-state index in [0.29, 0.717) is 18.4 Å². The molecule has 9 heteroatoms. The van der Waals surface area contributed by atoms with Gasteiger partial charge >= 0.3 is 0 Å². The molecule has 0 bridgehead atoms. The van der Waals surface area contributed by atoms with Crippen LogP contribution in [-0.4, -0.2) is 65.8 Å². The second-order valence-corrected chi connectivity index (χ2v) is 9.89. The fourth-order valence-corrected chi connectivity index (χ4v) is 6.65. The third-order valence-electron chi connectivity index (χ3n) is 7.07. The van der Waals surface area contributed by atoms with E-state index < -0.39 is 16.5 Å². The predicted molar refractivity (Wildman–Crippen MR) is 118 cm³/mol. The van der Waals surface area contributed by atoms with Gasteiger partial charge < -0.3 is 14.3 Å². The van der Waals surface area contributed by atoms with Crippen LogP contribution < -0.4 is 0 Å². The van der Waals surface area contributed by atoms with Crippen LogP contribution in [0.25, 0.3) is 21.9 Å². The highest BCUT2D eigenvalue weighted by Gasteiger charge is 2.36. The number of fused-ring (bicyclic) bond motifs is 3. The molecule has 0 aromatic carbocycles. The first-order chi connectivity index (χ1) is 15.2. The highest BCUT2D eigenvalue weighted by Crippen LogP contribution is 2.41. The molecule has 1 N–H and O–H groups in total. The van der Waals surface area contributed by atoms with Gasteiger partial charge in [-0.05, 0) is 73.5 Å². The molecule has 1 aliphatic carbocycles.